The number of rotatable bonds is 6. The van der Waals surface area contributed by atoms with E-state index in [9.17, 15) is 9.59 Å². The summed E-state index contributed by atoms with van der Waals surface area (Å²) in [5.41, 5.74) is 1.80. The predicted molar refractivity (Wildman–Crippen MR) is 92.4 cm³/mol. The van der Waals surface area contributed by atoms with Crippen LogP contribution in [0.25, 0.3) is 6.08 Å². The van der Waals surface area contributed by atoms with Gasteiger partial charge >= 0.3 is 5.97 Å². The van der Waals surface area contributed by atoms with Gasteiger partial charge in [-0.05, 0) is 31.6 Å². The van der Waals surface area contributed by atoms with Crippen molar-refractivity contribution in [1.82, 2.24) is 4.90 Å². The maximum Gasteiger partial charge on any atom is 0.340 e. The number of allylic oxidation sites excluding steroid dienone is 1. The lowest BCUT2D eigenvalue weighted by atomic mass is 10.0. The van der Waals surface area contributed by atoms with Crippen molar-refractivity contribution in [2.24, 2.45) is 0 Å². The fraction of sp³-hybridized carbons (Fsp3) is 0.333. The molecule has 1 aliphatic heterocycles. The highest BCUT2D eigenvalue weighted by molar-refractivity contribution is 6.32. The topological polar surface area (TPSA) is 55.8 Å². The molecule has 1 heterocycles. The smallest absolute Gasteiger partial charge is 0.340 e. The highest BCUT2D eigenvalue weighted by Gasteiger charge is 2.36. The van der Waals surface area contributed by atoms with Gasteiger partial charge in [0.2, 0.25) is 0 Å². The van der Waals surface area contributed by atoms with Gasteiger partial charge in [0.15, 0.2) is 0 Å². The Kier molecular flexibility index (Phi) is 6.17. The zero-order chi connectivity index (χ0) is 17.7. The minimum absolute atomic E-state index is 0.237. The molecule has 0 atom stereocenters. The Balaban J connectivity index is 2.49. The molecule has 0 saturated heterocycles. The maximum atomic E-state index is 12.8. The number of nitrogens with zero attached hydrogens (tertiary/aromatic N) is 1. The molecule has 128 valence electrons. The molecular formula is C18H20ClNO4. The molecule has 1 aromatic rings. The number of carbonyl (C=O) groups excluding carboxylic acids is 2. The molecule has 0 unspecified atom stereocenters. The first-order chi connectivity index (χ1) is 11.5. The minimum Gasteiger partial charge on any atom is -0.462 e. The molecule has 2 rings (SSSR count). The molecule has 0 N–H and O–H groups in total. The summed E-state index contributed by atoms with van der Waals surface area (Å²) in [5.74, 6) is -0.769. The minimum atomic E-state index is -0.512. The molecule has 24 heavy (non-hydrogen) atoms. The van der Waals surface area contributed by atoms with E-state index in [-0.39, 0.29) is 23.7 Å². The van der Waals surface area contributed by atoms with Gasteiger partial charge in [-0.2, -0.15) is 0 Å². The van der Waals surface area contributed by atoms with E-state index in [0.29, 0.717) is 29.4 Å². The van der Waals surface area contributed by atoms with Crippen LogP contribution < -0.4 is 0 Å². The molecule has 6 heteroatoms. The van der Waals surface area contributed by atoms with E-state index in [4.69, 9.17) is 21.1 Å². The van der Waals surface area contributed by atoms with Crippen molar-refractivity contribution in [1.29, 1.82) is 0 Å². The van der Waals surface area contributed by atoms with Gasteiger partial charge < -0.3 is 14.4 Å². The summed E-state index contributed by atoms with van der Waals surface area (Å²) in [4.78, 5) is 26.6. The van der Waals surface area contributed by atoms with Crippen molar-refractivity contribution >= 4 is 29.6 Å². The van der Waals surface area contributed by atoms with Crippen molar-refractivity contribution in [2.45, 2.75) is 13.8 Å². The Hall–Kier alpha value is -2.11. The standard InChI is InChI=1S/C18H20ClNO4/c1-4-24-18(22)16-12(2)20(9-10-23-3)17(21)14(16)11-13-7-5-6-8-15(13)19/h5-8,11H,4,9-10H2,1-3H3/b14-11-. The van der Waals surface area contributed by atoms with Crippen molar-refractivity contribution in [3.8, 4) is 0 Å². The largest absolute Gasteiger partial charge is 0.462 e. The zero-order valence-corrected chi connectivity index (χ0v) is 14.7. The fourth-order valence-electron chi connectivity index (χ4n) is 2.53. The van der Waals surface area contributed by atoms with Crippen LogP contribution in [0.2, 0.25) is 5.02 Å². The number of hydrogen-bond acceptors (Lipinski definition) is 4. The van der Waals surface area contributed by atoms with Crippen molar-refractivity contribution < 1.29 is 19.1 Å². The summed E-state index contributed by atoms with van der Waals surface area (Å²) < 4.78 is 10.2. The molecule has 0 radical (unpaired) electrons. The number of esters is 1. The molecule has 1 aliphatic rings. The molecule has 0 aromatic heterocycles. The van der Waals surface area contributed by atoms with Gasteiger partial charge in [-0.3, -0.25) is 4.79 Å². The van der Waals surface area contributed by atoms with E-state index in [2.05, 4.69) is 0 Å². The van der Waals surface area contributed by atoms with E-state index in [0.717, 1.165) is 0 Å². The van der Waals surface area contributed by atoms with Gasteiger partial charge in [0.05, 0.1) is 24.4 Å². The van der Waals surface area contributed by atoms with E-state index in [1.807, 2.05) is 6.07 Å². The number of carbonyl (C=O) groups is 2. The molecule has 1 aromatic carbocycles. The maximum absolute atomic E-state index is 12.8. The van der Waals surface area contributed by atoms with Crippen molar-refractivity contribution in [3.05, 3.63) is 51.7 Å². The van der Waals surface area contributed by atoms with Crippen LogP contribution in [0.4, 0.5) is 0 Å². The summed E-state index contributed by atoms with van der Waals surface area (Å²) in [5, 5.41) is 0.508. The van der Waals surface area contributed by atoms with E-state index < -0.39 is 5.97 Å². The average molecular weight is 350 g/mol. The molecule has 0 aliphatic carbocycles. The quantitative estimate of drug-likeness (QED) is 0.585. The number of methoxy groups -OCH3 is 1. The van der Waals surface area contributed by atoms with Crippen LogP contribution in [0.5, 0.6) is 0 Å². The van der Waals surface area contributed by atoms with Gasteiger partial charge in [0, 0.05) is 24.4 Å². The lowest BCUT2D eigenvalue weighted by Crippen LogP contribution is -2.28. The monoisotopic (exact) mass is 349 g/mol. The lowest BCUT2D eigenvalue weighted by Gasteiger charge is -2.16. The number of halogens is 1. The Labute approximate surface area is 146 Å². The molecular weight excluding hydrogens is 330 g/mol. The predicted octanol–water partition coefficient (Wildman–Crippen LogP) is 3.05. The summed E-state index contributed by atoms with van der Waals surface area (Å²) in [6.07, 6.45) is 1.63. The van der Waals surface area contributed by atoms with Crippen LogP contribution in [-0.2, 0) is 19.1 Å². The number of ether oxygens (including phenoxy) is 2. The Morgan fingerprint density at radius 3 is 2.67 bits per heavy atom. The summed E-state index contributed by atoms with van der Waals surface area (Å²) in [6, 6.07) is 7.15. The Bertz CT molecular complexity index is 709. The van der Waals surface area contributed by atoms with Crippen molar-refractivity contribution in [3.63, 3.8) is 0 Å². The average Bonchev–Trinajstić information content (AvgIpc) is 2.78. The van der Waals surface area contributed by atoms with Crippen LogP contribution in [0, 0.1) is 0 Å². The molecule has 0 spiro atoms. The van der Waals surface area contributed by atoms with Crippen LogP contribution >= 0.6 is 11.6 Å². The number of hydrogen-bond donors (Lipinski definition) is 0. The van der Waals surface area contributed by atoms with Crippen LogP contribution in [0.1, 0.15) is 19.4 Å². The second-order valence-electron chi connectivity index (χ2n) is 5.21. The normalized spacial score (nSPS) is 16.2. The molecule has 0 bridgehead atoms. The zero-order valence-electron chi connectivity index (χ0n) is 14.0. The summed E-state index contributed by atoms with van der Waals surface area (Å²) in [7, 11) is 1.56. The van der Waals surface area contributed by atoms with Crippen LogP contribution in [0.3, 0.4) is 0 Å². The van der Waals surface area contributed by atoms with Gasteiger partial charge in [-0.25, -0.2) is 4.79 Å². The first-order valence-corrected chi connectivity index (χ1v) is 8.04. The number of amides is 1. The first-order valence-electron chi connectivity index (χ1n) is 7.66. The second-order valence-corrected chi connectivity index (χ2v) is 5.62. The third-order valence-electron chi connectivity index (χ3n) is 3.72. The van der Waals surface area contributed by atoms with Gasteiger partial charge in [0.25, 0.3) is 5.91 Å². The van der Waals surface area contributed by atoms with E-state index >= 15 is 0 Å². The summed E-state index contributed by atoms with van der Waals surface area (Å²) >= 11 is 6.17. The van der Waals surface area contributed by atoms with Gasteiger partial charge in [-0.15, -0.1) is 0 Å². The van der Waals surface area contributed by atoms with E-state index in [1.165, 1.54) is 4.90 Å². The lowest BCUT2D eigenvalue weighted by molar-refractivity contribution is -0.138. The highest BCUT2D eigenvalue weighted by atomic mass is 35.5. The van der Waals surface area contributed by atoms with Gasteiger partial charge in [-0.1, -0.05) is 29.8 Å². The highest BCUT2D eigenvalue weighted by Crippen LogP contribution is 2.32. The number of benzene rings is 1. The molecule has 1 amide bonds. The third-order valence-corrected chi connectivity index (χ3v) is 4.06. The van der Waals surface area contributed by atoms with Crippen LogP contribution in [-0.4, -0.2) is 43.6 Å². The molecule has 0 saturated carbocycles. The molecule has 5 nitrogen and oxygen atoms in total. The second kappa shape index (κ2) is 8.13. The van der Waals surface area contributed by atoms with E-state index in [1.54, 1.807) is 45.2 Å². The summed E-state index contributed by atoms with van der Waals surface area (Å²) in [6.45, 7) is 4.43. The molecule has 0 fully saturated rings. The SMILES string of the molecule is CCOC(=O)C1=C(C)N(CCOC)C(=O)/C1=C\c1ccccc1Cl. The third kappa shape index (κ3) is 3.68. The fourth-order valence-corrected chi connectivity index (χ4v) is 2.72. The first kappa shape index (κ1) is 18.2. The van der Waals surface area contributed by atoms with Gasteiger partial charge in [0.1, 0.15) is 0 Å². The van der Waals surface area contributed by atoms with Crippen molar-refractivity contribution in [2.75, 3.05) is 26.9 Å². The Morgan fingerprint density at radius 2 is 2.04 bits per heavy atom. The Morgan fingerprint density at radius 1 is 1.33 bits per heavy atom. The van der Waals surface area contributed by atoms with Crippen LogP contribution in [0.15, 0.2) is 41.1 Å².